The quantitative estimate of drug-likeness (QED) is 0.285. The topological polar surface area (TPSA) is 57.8 Å². The number of fused-ring (bicyclic) bond motifs is 1. The number of aromatic nitrogens is 1. The van der Waals surface area contributed by atoms with Gasteiger partial charge in [0.15, 0.2) is 0 Å². The van der Waals surface area contributed by atoms with Gasteiger partial charge in [0.25, 0.3) is 0 Å². The van der Waals surface area contributed by atoms with Crippen LogP contribution in [0.1, 0.15) is 18.4 Å². The highest BCUT2D eigenvalue weighted by Gasteiger charge is 2.22. The summed E-state index contributed by atoms with van der Waals surface area (Å²) in [6.07, 6.45) is 1.55. The van der Waals surface area contributed by atoms with Crippen molar-refractivity contribution in [2.45, 2.75) is 12.8 Å². The number of nitrogens with zero attached hydrogens (tertiary/aromatic N) is 2. The number of phenols is 1. The molecule has 2 N–H and O–H groups in total. The average molecular weight is 356 g/mol. The summed E-state index contributed by atoms with van der Waals surface area (Å²) in [5, 5.41) is 23.2. The standard InChI is InChI=1S/C23H20N2O2/c1-16(15-24-27)22-20-9-5-6-10-21(20)25(18-11-13-19(26)14-12-18)23(22)17-7-3-2-4-8-17/h2-16,26-27H,1H3. The summed E-state index contributed by atoms with van der Waals surface area (Å²) >= 11 is 0. The molecule has 0 fully saturated rings. The second-order valence-corrected chi connectivity index (χ2v) is 6.55. The summed E-state index contributed by atoms with van der Waals surface area (Å²) in [5.74, 6) is 0.158. The number of rotatable bonds is 4. The van der Waals surface area contributed by atoms with Gasteiger partial charge < -0.3 is 14.9 Å². The van der Waals surface area contributed by atoms with Gasteiger partial charge in [-0.2, -0.15) is 0 Å². The van der Waals surface area contributed by atoms with Crippen molar-refractivity contribution in [3.05, 3.63) is 84.4 Å². The van der Waals surface area contributed by atoms with E-state index in [-0.39, 0.29) is 11.7 Å². The Kier molecular flexibility index (Phi) is 4.38. The Balaban J connectivity index is 2.13. The van der Waals surface area contributed by atoms with Crippen molar-refractivity contribution in [2.24, 2.45) is 5.16 Å². The molecule has 0 bridgehead atoms. The van der Waals surface area contributed by atoms with E-state index in [1.165, 1.54) is 0 Å². The number of aromatic hydroxyl groups is 1. The Morgan fingerprint density at radius 1 is 0.889 bits per heavy atom. The fourth-order valence-electron chi connectivity index (χ4n) is 3.65. The van der Waals surface area contributed by atoms with E-state index in [9.17, 15) is 5.11 Å². The Bertz CT molecular complexity index is 1100. The van der Waals surface area contributed by atoms with E-state index in [1.54, 1.807) is 18.3 Å². The Labute approximate surface area is 157 Å². The molecule has 1 unspecified atom stereocenters. The molecular weight excluding hydrogens is 336 g/mol. The molecule has 0 saturated heterocycles. The van der Waals surface area contributed by atoms with Crippen LogP contribution in [0.2, 0.25) is 0 Å². The summed E-state index contributed by atoms with van der Waals surface area (Å²) in [7, 11) is 0. The third-order valence-corrected chi connectivity index (χ3v) is 4.81. The number of phenolic OH excluding ortho intramolecular Hbond substituents is 1. The molecule has 4 heteroatoms. The van der Waals surface area contributed by atoms with E-state index in [0.29, 0.717) is 0 Å². The lowest BCUT2D eigenvalue weighted by atomic mass is 9.95. The molecule has 0 aliphatic carbocycles. The number of hydrogen-bond donors (Lipinski definition) is 2. The lowest BCUT2D eigenvalue weighted by Crippen LogP contribution is -2.01. The van der Waals surface area contributed by atoms with Gasteiger partial charge in [-0.1, -0.05) is 55.5 Å². The van der Waals surface area contributed by atoms with Crippen LogP contribution in [0, 0.1) is 0 Å². The summed E-state index contributed by atoms with van der Waals surface area (Å²) in [5.41, 5.74) is 5.25. The summed E-state index contributed by atoms with van der Waals surface area (Å²) in [6.45, 7) is 2.02. The molecule has 0 saturated carbocycles. The number of oxime groups is 1. The van der Waals surface area contributed by atoms with Crippen LogP contribution in [0.3, 0.4) is 0 Å². The molecule has 3 aromatic carbocycles. The van der Waals surface area contributed by atoms with Crippen molar-refractivity contribution in [2.75, 3.05) is 0 Å². The summed E-state index contributed by atoms with van der Waals surface area (Å²) in [4.78, 5) is 0. The molecule has 0 aliphatic rings. The first kappa shape index (κ1) is 16.9. The van der Waals surface area contributed by atoms with Crippen molar-refractivity contribution >= 4 is 17.1 Å². The van der Waals surface area contributed by atoms with Gasteiger partial charge in [-0.15, -0.1) is 5.16 Å². The minimum absolute atomic E-state index is 0.0755. The van der Waals surface area contributed by atoms with Crippen molar-refractivity contribution in [1.82, 2.24) is 4.57 Å². The van der Waals surface area contributed by atoms with Crippen molar-refractivity contribution in [3.8, 4) is 22.7 Å². The highest BCUT2D eigenvalue weighted by Crippen LogP contribution is 2.40. The van der Waals surface area contributed by atoms with Crippen molar-refractivity contribution in [1.29, 1.82) is 0 Å². The second-order valence-electron chi connectivity index (χ2n) is 6.55. The summed E-state index contributed by atoms with van der Waals surface area (Å²) in [6, 6.07) is 25.6. The highest BCUT2D eigenvalue weighted by atomic mass is 16.4. The van der Waals surface area contributed by atoms with Crippen LogP contribution < -0.4 is 0 Å². The zero-order chi connectivity index (χ0) is 18.8. The minimum atomic E-state index is -0.0755. The molecule has 4 rings (SSSR count). The maximum atomic E-state index is 9.71. The maximum Gasteiger partial charge on any atom is 0.115 e. The monoisotopic (exact) mass is 356 g/mol. The van der Waals surface area contributed by atoms with Gasteiger partial charge in [-0.25, -0.2) is 0 Å². The normalized spacial score (nSPS) is 12.6. The first-order valence-corrected chi connectivity index (χ1v) is 8.86. The molecule has 1 atom stereocenters. The predicted molar refractivity (Wildman–Crippen MR) is 109 cm³/mol. The van der Waals surface area contributed by atoms with Crippen LogP contribution in [-0.4, -0.2) is 21.1 Å². The lowest BCUT2D eigenvalue weighted by molar-refractivity contribution is 0.320. The lowest BCUT2D eigenvalue weighted by Gasteiger charge is -2.14. The van der Waals surface area contributed by atoms with Gasteiger partial charge in [0.2, 0.25) is 0 Å². The van der Waals surface area contributed by atoms with Crippen LogP contribution in [0.5, 0.6) is 5.75 Å². The summed E-state index contributed by atoms with van der Waals surface area (Å²) < 4.78 is 2.20. The SMILES string of the molecule is CC(C=NO)c1c(-c2ccccc2)n(-c2ccc(O)cc2)c2ccccc12. The molecule has 0 radical (unpaired) electrons. The van der Waals surface area contributed by atoms with E-state index in [2.05, 4.69) is 34.0 Å². The van der Waals surface area contributed by atoms with E-state index < -0.39 is 0 Å². The molecule has 4 nitrogen and oxygen atoms in total. The number of para-hydroxylation sites is 1. The van der Waals surface area contributed by atoms with Crippen LogP contribution in [-0.2, 0) is 0 Å². The zero-order valence-electron chi connectivity index (χ0n) is 14.9. The molecule has 0 spiro atoms. The van der Waals surface area contributed by atoms with Crippen molar-refractivity contribution < 1.29 is 10.3 Å². The molecular formula is C23H20N2O2. The molecule has 1 aromatic heterocycles. The van der Waals surface area contributed by atoms with E-state index in [0.717, 1.165) is 33.4 Å². The molecule has 0 aliphatic heterocycles. The molecule has 134 valence electrons. The van der Waals surface area contributed by atoms with Crippen molar-refractivity contribution in [3.63, 3.8) is 0 Å². The Morgan fingerprint density at radius 2 is 1.56 bits per heavy atom. The first-order valence-electron chi connectivity index (χ1n) is 8.86. The van der Waals surface area contributed by atoms with Crippen LogP contribution in [0.4, 0.5) is 0 Å². The molecule has 27 heavy (non-hydrogen) atoms. The van der Waals surface area contributed by atoms with Gasteiger partial charge >= 0.3 is 0 Å². The number of hydrogen-bond acceptors (Lipinski definition) is 3. The van der Waals surface area contributed by atoms with Crippen LogP contribution in [0.25, 0.3) is 27.8 Å². The third-order valence-electron chi connectivity index (χ3n) is 4.81. The van der Waals surface area contributed by atoms with Gasteiger partial charge in [-0.05, 0) is 41.5 Å². The fraction of sp³-hybridized carbons (Fsp3) is 0.0870. The fourth-order valence-corrected chi connectivity index (χ4v) is 3.65. The van der Waals surface area contributed by atoms with Crippen LogP contribution >= 0.6 is 0 Å². The largest absolute Gasteiger partial charge is 0.508 e. The van der Waals surface area contributed by atoms with E-state index in [4.69, 9.17) is 5.21 Å². The average Bonchev–Trinajstić information content (AvgIpc) is 3.05. The molecule has 1 heterocycles. The van der Waals surface area contributed by atoms with Gasteiger partial charge in [-0.3, -0.25) is 0 Å². The smallest absolute Gasteiger partial charge is 0.115 e. The van der Waals surface area contributed by atoms with Crippen LogP contribution in [0.15, 0.2) is 84.0 Å². The zero-order valence-corrected chi connectivity index (χ0v) is 14.9. The minimum Gasteiger partial charge on any atom is -0.508 e. The second kappa shape index (κ2) is 7.00. The van der Waals surface area contributed by atoms with Gasteiger partial charge in [0.05, 0.1) is 17.4 Å². The first-order chi connectivity index (χ1) is 13.2. The predicted octanol–water partition coefficient (Wildman–Crippen LogP) is 5.57. The van der Waals surface area contributed by atoms with Gasteiger partial charge in [0.1, 0.15) is 5.75 Å². The number of benzene rings is 3. The van der Waals surface area contributed by atoms with E-state index in [1.807, 2.05) is 49.4 Å². The highest BCUT2D eigenvalue weighted by molar-refractivity contribution is 5.96. The molecule has 0 amide bonds. The Morgan fingerprint density at radius 3 is 2.26 bits per heavy atom. The van der Waals surface area contributed by atoms with E-state index >= 15 is 0 Å². The maximum absolute atomic E-state index is 9.71. The Hall–Kier alpha value is -3.53. The molecule has 4 aromatic rings. The van der Waals surface area contributed by atoms with Gasteiger partial charge in [0, 0.05) is 17.0 Å². The third kappa shape index (κ3) is 2.95.